The van der Waals surface area contributed by atoms with Crippen LogP contribution in [0.5, 0.6) is 12.0 Å². The van der Waals surface area contributed by atoms with Crippen molar-refractivity contribution in [2.45, 2.75) is 6.43 Å². The van der Waals surface area contributed by atoms with Gasteiger partial charge in [0, 0.05) is 0 Å². The van der Waals surface area contributed by atoms with Gasteiger partial charge in [-0.2, -0.15) is 9.97 Å². The summed E-state index contributed by atoms with van der Waals surface area (Å²) < 4.78 is 32.9. The molecule has 1 aromatic rings. The maximum atomic E-state index is 11.8. The molecule has 15 heavy (non-hydrogen) atoms. The number of nitrogen functional groups attached to an aromatic ring is 1. The third-order valence-electron chi connectivity index (χ3n) is 1.24. The Bertz CT molecular complexity index is 302. The molecule has 0 aliphatic carbocycles. The highest BCUT2D eigenvalue weighted by Gasteiger charge is 2.09. The Hall–Kier alpha value is -1.77. The van der Waals surface area contributed by atoms with Crippen molar-refractivity contribution in [3.8, 4) is 12.0 Å². The minimum Gasteiger partial charge on any atom is -0.467 e. The van der Waals surface area contributed by atoms with Crippen molar-refractivity contribution in [3.63, 3.8) is 0 Å². The van der Waals surface area contributed by atoms with E-state index in [-0.39, 0.29) is 18.0 Å². The molecule has 0 radical (unpaired) electrons. The quantitative estimate of drug-likeness (QED) is 0.525. The Morgan fingerprint density at radius 1 is 1.33 bits per heavy atom. The van der Waals surface area contributed by atoms with Crippen LogP contribution >= 0.6 is 0 Å². The average molecular weight is 221 g/mol. The number of rotatable bonds is 5. The molecule has 0 saturated heterocycles. The van der Waals surface area contributed by atoms with Gasteiger partial charge in [0.2, 0.25) is 5.95 Å². The molecule has 9 heteroatoms. The van der Waals surface area contributed by atoms with Crippen molar-refractivity contribution in [3.05, 3.63) is 0 Å². The molecule has 0 aliphatic rings. The van der Waals surface area contributed by atoms with Gasteiger partial charge in [0.15, 0.2) is 6.61 Å². The number of hydrogen-bond donors (Lipinski definition) is 2. The number of nitrogens with one attached hydrogen (secondary N) is 1. The lowest BCUT2D eigenvalue weighted by molar-refractivity contribution is 0.0764. The fourth-order valence-electron chi connectivity index (χ4n) is 0.696. The van der Waals surface area contributed by atoms with E-state index >= 15 is 0 Å². The first-order chi connectivity index (χ1) is 7.15. The molecular weight excluding hydrogens is 212 g/mol. The summed E-state index contributed by atoms with van der Waals surface area (Å²) in [4.78, 5) is 10.8. The third kappa shape index (κ3) is 3.46. The van der Waals surface area contributed by atoms with E-state index in [1.165, 1.54) is 7.11 Å². The van der Waals surface area contributed by atoms with Crippen molar-refractivity contribution in [1.29, 1.82) is 0 Å². The molecular formula is C6H9F2N5O2. The molecule has 0 amide bonds. The number of anilines is 1. The van der Waals surface area contributed by atoms with E-state index < -0.39 is 13.0 Å². The first kappa shape index (κ1) is 11.3. The van der Waals surface area contributed by atoms with Gasteiger partial charge in [-0.3, -0.25) is 5.43 Å². The van der Waals surface area contributed by atoms with Crippen LogP contribution in [0.2, 0.25) is 0 Å². The monoisotopic (exact) mass is 221 g/mol. The lowest BCUT2D eigenvalue weighted by Gasteiger charge is -2.06. The van der Waals surface area contributed by atoms with Crippen LogP contribution in [0.3, 0.4) is 0 Å². The lowest BCUT2D eigenvalue weighted by Crippen LogP contribution is -2.14. The van der Waals surface area contributed by atoms with Crippen LogP contribution in [-0.4, -0.2) is 35.1 Å². The predicted octanol–water partition coefficient (Wildman–Crippen LogP) is -0.190. The van der Waals surface area contributed by atoms with Gasteiger partial charge in [-0.1, -0.05) is 0 Å². The molecule has 7 nitrogen and oxygen atoms in total. The van der Waals surface area contributed by atoms with Gasteiger partial charge in [0.25, 0.3) is 6.43 Å². The molecule has 1 rings (SSSR count). The van der Waals surface area contributed by atoms with E-state index in [2.05, 4.69) is 29.9 Å². The SMILES string of the molecule is COc1nc(NN)nc(OCC(F)F)n1. The van der Waals surface area contributed by atoms with Crippen molar-refractivity contribution in [1.82, 2.24) is 15.0 Å². The fourth-order valence-corrected chi connectivity index (χ4v) is 0.696. The highest BCUT2D eigenvalue weighted by molar-refractivity contribution is 5.25. The summed E-state index contributed by atoms with van der Waals surface area (Å²) in [5.74, 6) is 5.00. The second-order valence-electron chi connectivity index (χ2n) is 2.27. The minimum atomic E-state index is -2.61. The second kappa shape index (κ2) is 5.20. The van der Waals surface area contributed by atoms with Gasteiger partial charge in [-0.25, -0.2) is 14.6 Å². The van der Waals surface area contributed by atoms with E-state index in [1.807, 2.05) is 0 Å². The number of hydrazine groups is 1. The van der Waals surface area contributed by atoms with Gasteiger partial charge < -0.3 is 9.47 Å². The van der Waals surface area contributed by atoms with Crippen molar-refractivity contribution in [2.75, 3.05) is 19.1 Å². The predicted molar refractivity (Wildman–Crippen MR) is 45.7 cm³/mol. The van der Waals surface area contributed by atoms with Gasteiger partial charge in [0.1, 0.15) is 0 Å². The highest BCUT2D eigenvalue weighted by atomic mass is 19.3. The lowest BCUT2D eigenvalue weighted by atomic mass is 10.8. The Morgan fingerprint density at radius 3 is 2.53 bits per heavy atom. The van der Waals surface area contributed by atoms with Crippen molar-refractivity contribution in [2.24, 2.45) is 5.84 Å². The standard InChI is InChI=1S/C6H9F2N5O2/c1-14-5-10-4(13-9)11-6(12-5)15-2-3(7)8/h3H,2,9H2,1H3,(H,10,11,12,13). The first-order valence-electron chi connectivity index (χ1n) is 3.83. The smallest absolute Gasteiger partial charge is 0.324 e. The van der Waals surface area contributed by atoms with Crippen LogP contribution in [0, 0.1) is 0 Å². The minimum absolute atomic E-state index is 0.0360. The molecule has 0 bridgehead atoms. The van der Waals surface area contributed by atoms with Crippen LogP contribution in [0.1, 0.15) is 0 Å². The number of nitrogens with zero attached hydrogens (tertiary/aromatic N) is 3. The zero-order valence-electron chi connectivity index (χ0n) is 7.78. The number of nitrogens with two attached hydrogens (primary N) is 1. The molecule has 0 aromatic carbocycles. The maximum absolute atomic E-state index is 11.8. The number of halogens is 2. The van der Waals surface area contributed by atoms with Crippen LogP contribution in [-0.2, 0) is 0 Å². The van der Waals surface area contributed by atoms with Gasteiger partial charge in [0.05, 0.1) is 7.11 Å². The van der Waals surface area contributed by atoms with Crippen LogP contribution in [0.25, 0.3) is 0 Å². The van der Waals surface area contributed by atoms with Crippen LogP contribution < -0.4 is 20.7 Å². The summed E-state index contributed by atoms with van der Waals surface area (Å²) in [6.07, 6.45) is -2.61. The molecule has 0 unspecified atom stereocenters. The Kier molecular flexibility index (Phi) is 3.92. The maximum Gasteiger partial charge on any atom is 0.324 e. The largest absolute Gasteiger partial charge is 0.467 e. The van der Waals surface area contributed by atoms with Gasteiger partial charge in [-0.05, 0) is 0 Å². The highest BCUT2D eigenvalue weighted by Crippen LogP contribution is 2.12. The van der Waals surface area contributed by atoms with Gasteiger partial charge >= 0.3 is 12.0 Å². The summed E-state index contributed by atoms with van der Waals surface area (Å²) in [6, 6.07) is -0.364. The third-order valence-corrected chi connectivity index (χ3v) is 1.24. The van der Waals surface area contributed by atoms with Crippen molar-refractivity contribution < 1.29 is 18.3 Å². The molecule has 0 saturated carbocycles. The van der Waals surface area contributed by atoms with E-state index in [1.54, 1.807) is 0 Å². The number of alkyl halides is 2. The Labute approximate surface area is 83.6 Å². The Morgan fingerprint density at radius 2 is 2.00 bits per heavy atom. The zero-order valence-corrected chi connectivity index (χ0v) is 7.78. The fraction of sp³-hybridized carbons (Fsp3) is 0.500. The average Bonchev–Trinajstić information content (AvgIpc) is 2.25. The topological polar surface area (TPSA) is 95.2 Å². The molecule has 1 heterocycles. The van der Waals surface area contributed by atoms with E-state index in [4.69, 9.17) is 5.84 Å². The molecule has 0 aliphatic heterocycles. The van der Waals surface area contributed by atoms with Gasteiger partial charge in [-0.15, -0.1) is 4.98 Å². The summed E-state index contributed by atoms with van der Waals surface area (Å²) in [7, 11) is 1.31. The van der Waals surface area contributed by atoms with E-state index in [0.29, 0.717) is 0 Å². The van der Waals surface area contributed by atoms with Crippen LogP contribution in [0.15, 0.2) is 0 Å². The second-order valence-corrected chi connectivity index (χ2v) is 2.27. The van der Waals surface area contributed by atoms with Crippen molar-refractivity contribution >= 4 is 5.95 Å². The number of aromatic nitrogens is 3. The molecule has 1 aromatic heterocycles. The van der Waals surface area contributed by atoms with E-state index in [0.717, 1.165) is 0 Å². The molecule has 3 N–H and O–H groups in total. The van der Waals surface area contributed by atoms with E-state index in [9.17, 15) is 8.78 Å². The molecule has 84 valence electrons. The summed E-state index contributed by atoms with van der Waals surface area (Å²) in [5.41, 5.74) is 2.12. The number of ether oxygens (including phenoxy) is 2. The number of hydrogen-bond acceptors (Lipinski definition) is 7. The summed E-state index contributed by atoms with van der Waals surface area (Å²) >= 11 is 0. The molecule has 0 spiro atoms. The summed E-state index contributed by atoms with van der Waals surface area (Å²) in [5, 5.41) is 0. The Balaban J connectivity index is 2.77. The summed E-state index contributed by atoms with van der Waals surface area (Å²) in [6.45, 7) is -0.808. The normalized spacial score (nSPS) is 10.2. The van der Waals surface area contributed by atoms with Crippen LogP contribution in [0.4, 0.5) is 14.7 Å². The number of methoxy groups -OCH3 is 1. The first-order valence-corrected chi connectivity index (χ1v) is 3.83. The molecule has 0 fully saturated rings. The molecule has 0 atom stereocenters. The zero-order chi connectivity index (χ0) is 11.3.